The van der Waals surface area contributed by atoms with Gasteiger partial charge in [-0.05, 0) is 31.4 Å². The number of methoxy groups -OCH3 is 1. The van der Waals surface area contributed by atoms with Crippen molar-refractivity contribution in [3.05, 3.63) is 29.8 Å². The third kappa shape index (κ3) is 5.73. The smallest absolute Gasteiger partial charge is 0.303 e. The van der Waals surface area contributed by atoms with Gasteiger partial charge in [0.2, 0.25) is 5.91 Å². The van der Waals surface area contributed by atoms with Gasteiger partial charge in [-0.15, -0.1) is 0 Å². The number of carbonyl (C=O) groups excluding carboxylic acids is 1. The summed E-state index contributed by atoms with van der Waals surface area (Å²) in [5.74, 6) is -0.187. The summed E-state index contributed by atoms with van der Waals surface area (Å²) in [6.45, 7) is 1.92. The number of carboxylic acids is 1. The highest BCUT2D eigenvalue weighted by Crippen LogP contribution is 2.18. The highest BCUT2D eigenvalue weighted by molar-refractivity contribution is 5.77. The van der Waals surface area contributed by atoms with Crippen LogP contribution < -0.4 is 10.1 Å². The number of carbonyl (C=O) groups is 2. The molecule has 0 aliphatic heterocycles. The third-order valence-corrected chi connectivity index (χ3v) is 2.92. The number of hydrogen-bond donors (Lipinski definition) is 2. The van der Waals surface area contributed by atoms with E-state index in [0.717, 1.165) is 11.3 Å². The van der Waals surface area contributed by atoms with Gasteiger partial charge in [0, 0.05) is 18.9 Å². The second-order valence-electron chi connectivity index (χ2n) is 4.73. The molecule has 5 heteroatoms. The van der Waals surface area contributed by atoms with E-state index in [1.165, 1.54) is 0 Å². The van der Waals surface area contributed by atoms with Crippen LogP contribution in [0.5, 0.6) is 5.75 Å². The van der Waals surface area contributed by atoms with Crippen LogP contribution in [-0.2, 0) is 16.0 Å². The van der Waals surface area contributed by atoms with Crippen LogP contribution in [0.1, 0.15) is 31.7 Å². The highest BCUT2D eigenvalue weighted by atomic mass is 16.5. The first-order chi connectivity index (χ1) is 9.52. The number of carboxylic acid groups (broad SMARTS) is 1. The molecule has 0 saturated heterocycles. The number of para-hydroxylation sites is 1. The molecule has 1 aromatic rings. The Labute approximate surface area is 118 Å². The molecule has 1 aromatic carbocycles. The van der Waals surface area contributed by atoms with Gasteiger partial charge in [-0.25, -0.2) is 0 Å². The number of benzene rings is 1. The molecule has 0 saturated carbocycles. The summed E-state index contributed by atoms with van der Waals surface area (Å²) in [7, 11) is 1.62. The third-order valence-electron chi connectivity index (χ3n) is 2.92. The van der Waals surface area contributed by atoms with Crippen molar-refractivity contribution in [1.29, 1.82) is 0 Å². The molecular weight excluding hydrogens is 258 g/mol. The summed E-state index contributed by atoms with van der Waals surface area (Å²) in [4.78, 5) is 22.0. The molecule has 1 rings (SSSR count). The Morgan fingerprint density at radius 2 is 2.00 bits per heavy atom. The zero-order valence-corrected chi connectivity index (χ0v) is 11.9. The minimum absolute atomic E-state index is 0.0221. The van der Waals surface area contributed by atoms with E-state index in [0.29, 0.717) is 12.8 Å². The maximum atomic E-state index is 11.6. The maximum Gasteiger partial charge on any atom is 0.303 e. The van der Waals surface area contributed by atoms with E-state index in [1.807, 2.05) is 31.2 Å². The SMILES string of the molecule is COc1ccccc1CC(C)NC(=O)CCCC(=O)O. The van der Waals surface area contributed by atoms with Gasteiger partial charge < -0.3 is 15.2 Å². The topological polar surface area (TPSA) is 75.6 Å². The lowest BCUT2D eigenvalue weighted by Gasteiger charge is -2.15. The van der Waals surface area contributed by atoms with E-state index in [4.69, 9.17) is 9.84 Å². The second-order valence-corrected chi connectivity index (χ2v) is 4.73. The fourth-order valence-electron chi connectivity index (χ4n) is 2.00. The molecule has 20 heavy (non-hydrogen) atoms. The van der Waals surface area contributed by atoms with Crippen molar-refractivity contribution in [2.45, 2.75) is 38.6 Å². The highest BCUT2D eigenvalue weighted by Gasteiger charge is 2.11. The van der Waals surface area contributed by atoms with E-state index in [1.54, 1.807) is 7.11 Å². The van der Waals surface area contributed by atoms with Crippen molar-refractivity contribution >= 4 is 11.9 Å². The Kier molecular flexibility index (Phi) is 6.56. The molecule has 5 nitrogen and oxygen atoms in total. The average molecular weight is 279 g/mol. The molecule has 0 radical (unpaired) electrons. The number of ether oxygens (including phenoxy) is 1. The number of nitrogens with one attached hydrogen (secondary N) is 1. The van der Waals surface area contributed by atoms with Crippen molar-refractivity contribution < 1.29 is 19.4 Å². The van der Waals surface area contributed by atoms with Gasteiger partial charge >= 0.3 is 5.97 Å². The van der Waals surface area contributed by atoms with Gasteiger partial charge in [-0.3, -0.25) is 9.59 Å². The first kappa shape index (κ1) is 16.0. The second kappa shape index (κ2) is 8.19. The molecule has 1 atom stereocenters. The van der Waals surface area contributed by atoms with Crippen LogP contribution in [-0.4, -0.2) is 30.1 Å². The van der Waals surface area contributed by atoms with Crippen LogP contribution >= 0.6 is 0 Å². The molecule has 2 N–H and O–H groups in total. The van der Waals surface area contributed by atoms with Crippen LogP contribution in [0.4, 0.5) is 0 Å². The van der Waals surface area contributed by atoms with Crippen molar-refractivity contribution in [2.75, 3.05) is 7.11 Å². The van der Waals surface area contributed by atoms with E-state index in [-0.39, 0.29) is 24.8 Å². The fourth-order valence-corrected chi connectivity index (χ4v) is 2.00. The molecule has 1 amide bonds. The molecule has 110 valence electrons. The lowest BCUT2D eigenvalue weighted by atomic mass is 10.1. The molecule has 0 aliphatic rings. The summed E-state index contributed by atoms with van der Waals surface area (Å²) in [5.41, 5.74) is 1.04. The van der Waals surface area contributed by atoms with Crippen LogP contribution in [0.25, 0.3) is 0 Å². The van der Waals surface area contributed by atoms with E-state index < -0.39 is 5.97 Å². The molecule has 0 aromatic heterocycles. The van der Waals surface area contributed by atoms with Crippen LogP contribution in [0, 0.1) is 0 Å². The number of rotatable bonds is 8. The van der Waals surface area contributed by atoms with Crippen LogP contribution in [0.2, 0.25) is 0 Å². The Morgan fingerprint density at radius 1 is 1.30 bits per heavy atom. The lowest BCUT2D eigenvalue weighted by Crippen LogP contribution is -2.34. The van der Waals surface area contributed by atoms with Crippen molar-refractivity contribution in [2.24, 2.45) is 0 Å². The zero-order chi connectivity index (χ0) is 15.0. The van der Waals surface area contributed by atoms with E-state index >= 15 is 0 Å². The van der Waals surface area contributed by atoms with Crippen LogP contribution in [0.3, 0.4) is 0 Å². The first-order valence-electron chi connectivity index (χ1n) is 6.66. The molecule has 0 heterocycles. The van der Waals surface area contributed by atoms with E-state index in [9.17, 15) is 9.59 Å². The number of aliphatic carboxylic acids is 1. The predicted octanol–water partition coefficient (Wildman–Crippen LogP) is 2.00. The van der Waals surface area contributed by atoms with Gasteiger partial charge in [-0.2, -0.15) is 0 Å². The Hall–Kier alpha value is -2.04. The predicted molar refractivity (Wildman–Crippen MR) is 75.8 cm³/mol. The molecule has 0 aliphatic carbocycles. The number of amides is 1. The normalized spacial score (nSPS) is 11.7. The van der Waals surface area contributed by atoms with Crippen molar-refractivity contribution in [3.63, 3.8) is 0 Å². The summed E-state index contributed by atoms with van der Waals surface area (Å²) >= 11 is 0. The fraction of sp³-hybridized carbons (Fsp3) is 0.467. The van der Waals surface area contributed by atoms with Gasteiger partial charge in [0.1, 0.15) is 5.75 Å². The average Bonchev–Trinajstić information content (AvgIpc) is 2.38. The van der Waals surface area contributed by atoms with Crippen LogP contribution in [0.15, 0.2) is 24.3 Å². The summed E-state index contributed by atoms with van der Waals surface area (Å²) < 4.78 is 5.26. The standard InChI is InChI=1S/C15H21NO4/c1-11(16-14(17)8-5-9-15(18)19)10-12-6-3-4-7-13(12)20-2/h3-4,6-7,11H,5,8-10H2,1-2H3,(H,16,17)(H,18,19). The minimum atomic E-state index is -0.875. The molecule has 1 unspecified atom stereocenters. The summed E-state index contributed by atoms with van der Waals surface area (Å²) in [5, 5.41) is 11.4. The quantitative estimate of drug-likeness (QED) is 0.763. The molecular formula is C15H21NO4. The summed E-state index contributed by atoms with van der Waals surface area (Å²) in [6, 6.07) is 7.66. The molecule has 0 fully saturated rings. The largest absolute Gasteiger partial charge is 0.496 e. The van der Waals surface area contributed by atoms with Gasteiger partial charge in [-0.1, -0.05) is 18.2 Å². The van der Waals surface area contributed by atoms with E-state index in [2.05, 4.69) is 5.32 Å². The van der Waals surface area contributed by atoms with Gasteiger partial charge in [0.25, 0.3) is 0 Å². The Morgan fingerprint density at radius 3 is 2.65 bits per heavy atom. The lowest BCUT2D eigenvalue weighted by molar-refractivity contribution is -0.137. The van der Waals surface area contributed by atoms with Crippen molar-refractivity contribution in [1.82, 2.24) is 5.32 Å². The van der Waals surface area contributed by atoms with Gasteiger partial charge in [0.15, 0.2) is 0 Å². The maximum absolute atomic E-state index is 11.6. The van der Waals surface area contributed by atoms with Crippen molar-refractivity contribution in [3.8, 4) is 5.75 Å². The molecule has 0 spiro atoms. The molecule has 0 bridgehead atoms. The summed E-state index contributed by atoms with van der Waals surface area (Å²) in [6.07, 6.45) is 1.30. The Balaban J connectivity index is 2.41. The van der Waals surface area contributed by atoms with Gasteiger partial charge in [0.05, 0.1) is 7.11 Å². The first-order valence-corrected chi connectivity index (χ1v) is 6.66. The zero-order valence-electron chi connectivity index (χ0n) is 11.9. The minimum Gasteiger partial charge on any atom is -0.496 e. The Bertz CT molecular complexity index is 459. The number of hydrogen-bond acceptors (Lipinski definition) is 3. The monoisotopic (exact) mass is 279 g/mol.